The molecule has 192 valence electrons. The topological polar surface area (TPSA) is 40.9 Å². The number of carbonyl (C=O) groups is 1. The molecule has 2 aromatic heterocycles. The molecule has 5 nitrogen and oxygen atoms in total. The first-order valence-corrected chi connectivity index (χ1v) is 13.3. The number of benzene rings is 2. The van der Waals surface area contributed by atoms with E-state index in [9.17, 15) is 4.79 Å². The second-order valence-electron chi connectivity index (χ2n) is 11.6. The molecule has 5 rings (SSSR count). The highest BCUT2D eigenvalue weighted by atomic mass is 16.2. The summed E-state index contributed by atoms with van der Waals surface area (Å²) in [6.45, 7) is 14.8. The van der Waals surface area contributed by atoms with E-state index in [0.29, 0.717) is 6.42 Å². The van der Waals surface area contributed by atoms with Crippen molar-refractivity contribution < 1.29 is 4.79 Å². The standard InChI is InChI=1S/C32H38N4O/c1-23-11-12-24(2)27(19-23)26-13-14-29-33-31(25-9-7-6-8-10-25)28(36(29)21-26)22-34-15-17-35(18-16-34)30(37)20-32(3,4)5/h6-14,19,21H,15-18,20,22H2,1-5H3. The highest BCUT2D eigenvalue weighted by molar-refractivity contribution is 5.77. The van der Waals surface area contributed by atoms with E-state index < -0.39 is 0 Å². The predicted molar refractivity (Wildman–Crippen MR) is 151 cm³/mol. The third kappa shape index (κ3) is 5.62. The molecule has 37 heavy (non-hydrogen) atoms. The monoisotopic (exact) mass is 494 g/mol. The number of rotatable bonds is 5. The van der Waals surface area contributed by atoms with E-state index in [0.717, 1.165) is 49.6 Å². The van der Waals surface area contributed by atoms with E-state index in [4.69, 9.17) is 4.98 Å². The zero-order valence-corrected chi connectivity index (χ0v) is 22.8. The van der Waals surface area contributed by atoms with Crippen LogP contribution in [-0.4, -0.2) is 51.3 Å². The number of aromatic nitrogens is 2. The second-order valence-corrected chi connectivity index (χ2v) is 11.6. The van der Waals surface area contributed by atoms with Gasteiger partial charge in [-0.2, -0.15) is 0 Å². The number of nitrogens with zero attached hydrogens (tertiary/aromatic N) is 4. The molecule has 0 atom stereocenters. The van der Waals surface area contributed by atoms with Crippen LogP contribution in [0.25, 0.3) is 28.0 Å². The van der Waals surface area contributed by atoms with Crippen molar-refractivity contribution in [2.75, 3.05) is 26.2 Å². The Bertz CT molecular complexity index is 1410. The molecule has 3 heterocycles. The van der Waals surface area contributed by atoms with Gasteiger partial charge in [0.25, 0.3) is 0 Å². The lowest BCUT2D eigenvalue weighted by molar-refractivity contribution is -0.134. The molecule has 0 unspecified atom stereocenters. The maximum atomic E-state index is 12.8. The molecule has 0 bridgehead atoms. The van der Waals surface area contributed by atoms with Crippen LogP contribution in [0.2, 0.25) is 0 Å². The molecule has 4 aromatic rings. The van der Waals surface area contributed by atoms with Crippen molar-refractivity contribution in [2.24, 2.45) is 5.41 Å². The van der Waals surface area contributed by atoms with Gasteiger partial charge < -0.3 is 9.30 Å². The molecular weight excluding hydrogens is 456 g/mol. The van der Waals surface area contributed by atoms with Gasteiger partial charge in [0, 0.05) is 50.9 Å². The second kappa shape index (κ2) is 10.1. The van der Waals surface area contributed by atoms with Crippen molar-refractivity contribution in [3.05, 3.63) is 83.7 Å². The molecule has 5 heteroatoms. The molecule has 0 N–H and O–H groups in total. The van der Waals surface area contributed by atoms with Gasteiger partial charge in [-0.05, 0) is 48.1 Å². The molecule has 1 saturated heterocycles. The zero-order valence-electron chi connectivity index (χ0n) is 22.8. The van der Waals surface area contributed by atoms with Crippen molar-refractivity contribution in [3.8, 4) is 22.4 Å². The Morgan fingerprint density at radius 3 is 2.32 bits per heavy atom. The molecule has 1 amide bonds. The number of carbonyl (C=O) groups excluding carboxylic acids is 1. The van der Waals surface area contributed by atoms with Crippen LogP contribution in [0, 0.1) is 19.3 Å². The third-order valence-electron chi connectivity index (χ3n) is 7.25. The van der Waals surface area contributed by atoms with Crippen LogP contribution in [0.15, 0.2) is 66.9 Å². The van der Waals surface area contributed by atoms with Crippen LogP contribution in [0.5, 0.6) is 0 Å². The molecule has 1 fully saturated rings. The third-order valence-corrected chi connectivity index (χ3v) is 7.25. The number of fused-ring (bicyclic) bond motifs is 1. The lowest BCUT2D eigenvalue weighted by Gasteiger charge is -2.36. The number of pyridine rings is 1. The van der Waals surface area contributed by atoms with Gasteiger partial charge in [0.2, 0.25) is 5.91 Å². The summed E-state index contributed by atoms with van der Waals surface area (Å²) in [6.07, 6.45) is 2.84. The average Bonchev–Trinajstić information content (AvgIpc) is 3.23. The van der Waals surface area contributed by atoms with E-state index in [2.05, 4.69) is 105 Å². The van der Waals surface area contributed by atoms with Gasteiger partial charge >= 0.3 is 0 Å². The Morgan fingerprint density at radius 2 is 1.62 bits per heavy atom. The van der Waals surface area contributed by atoms with Crippen LogP contribution < -0.4 is 0 Å². The number of aryl methyl sites for hydroxylation is 2. The molecule has 0 radical (unpaired) electrons. The van der Waals surface area contributed by atoms with E-state index in [1.165, 1.54) is 27.9 Å². The number of hydrogen-bond donors (Lipinski definition) is 0. The summed E-state index contributed by atoms with van der Waals surface area (Å²) in [6, 6.07) is 21.4. The van der Waals surface area contributed by atoms with Crippen molar-refractivity contribution in [2.45, 2.75) is 47.6 Å². The first-order valence-electron chi connectivity index (χ1n) is 13.3. The summed E-state index contributed by atoms with van der Waals surface area (Å²) in [5.41, 5.74) is 9.32. The molecular formula is C32H38N4O. The van der Waals surface area contributed by atoms with Crippen LogP contribution in [0.3, 0.4) is 0 Å². The van der Waals surface area contributed by atoms with Crippen LogP contribution in [-0.2, 0) is 11.3 Å². The van der Waals surface area contributed by atoms with Crippen molar-refractivity contribution in [1.82, 2.24) is 19.2 Å². The SMILES string of the molecule is Cc1ccc(C)c(-c2ccc3nc(-c4ccccc4)c(CN4CCN(C(=O)CC(C)(C)C)CC4)n3c2)c1. The fourth-order valence-electron chi connectivity index (χ4n) is 5.21. The van der Waals surface area contributed by atoms with E-state index in [1.54, 1.807) is 0 Å². The van der Waals surface area contributed by atoms with Gasteiger partial charge in [-0.3, -0.25) is 9.69 Å². The van der Waals surface area contributed by atoms with Gasteiger partial charge in [0.1, 0.15) is 5.65 Å². The molecule has 2 aromatic carbocycles. The number of amides is 1. The van der Waals surface area contributed by atoms with Gasteiger partial charge in [0.15, 0.2) is 0 Å². The number of imidazole rings is 1. The number of piperazine rings is 1. The van der Waals surface area contributed by atoms with E-state index in [1.807, 2.05) is 11.0 Å². The van der Waals surface area contributed by atoms with Crippen molar-refractivity contribution in [3.63, 3.8) is 0 Å². The molecule has 0 spiro atoms. The minimum Gasteiger partial charge on any atom is -0.340 e. The first kappa shape index (κ1) is 25.2. The average molecular weight is 495 g/mol. The minimum atomic E-state index is 0.0165. The predicted octanol–water partition coefficient (Wildman–Crippen LogP) is 6.37. The summed E-state index contributed by atoms with van der Waals surface area (Å²) in [7, 11) is 0. The molecule has 1 aliphatic heterocycles. The largest absolute Gasteiger partial charge is 0.340 e. The zero-order chi connectivity index (χ0) is 26.2. The lowest BCUT2D eigenvalue weighted by atomic mass is 9.91. The van der Waals surface area contributed by atoms with Gasteiger partial charge in [-0.25, -0.2) is 4.98 Å². The Hall–Kier alpha value is -3.44. The molecule has 0 saturated carbocycles. The quantitative estimate of drug-likeness (QED) is 0.324. The van der Waals surface area contributed by atoms with Crippen LogP contribution in [0.4, 0.5) is 0 Å². The van der Waals surface area contributed by atoms with Gasteiger partial charge in [-0.15, -0.1) is 0 Å². The summed E-state index contributed by atoms with van der Waals surface area (Å²) < 4.78 is 2.27. The Morgan fingerprint density at radius 1 is 0.892 bits per heavy atom. The normalized spacial score (nSPS) is 14.9. The number of hydrogen-bond acceptors (Lipinski definition) is 3. The van der Waals surface area contributed by atoms with Gasteiger partial charge in [-0.1, -0.05) is 74.9 Å². The summed E-state index contributed by atoms with van der Waals surface area (Å²) in [5, 5.41) is 0. The maximum absolute atomic E-state index is 12.8. The smallest absolute Gasteiger partial charge is 0.223 e. The van der Waals surface area contributed by atoms with E-state index in [-0.39, 0.29) is 11.3 Å². The maximum Gasteiger partial charge on any atom is 0.223 e. The van der Waals surface area contributed by atoms with E-state index >= 15 is 0 Å². The van der Waals surface area contributed by atoms with Crippen molar-refractivity contribution >= 4 is 11.6 Å². The van der Waals surface area contributed by atoms with Crippen molar-refractivity contribution in [1.29, 1.82) is 0 Å². The van der Waals surface area contributed by atoms with Crippen LogP contribution >= 0.6 is 0 Å². The summed E-state index contributed by atoms with van der Waals surface area (Å²) in [5.74, 6) is 0.269. The summed E-state index contributed by atoms with van der Waals surface area (Å²) in [4.78, 5) is 22.3. The highest BCUT2D eigenvalue weighted by Crippen LogP contribution is 2.30. The Labute approximate surface area is 220 Å². The minimum absolute atomic E-state index is 0.0165. The molecule has 1 aliphatic rings. The fourth-order valence-corrected chi connectivity index (χ4v) is 5.21. The summed E-state index contributed by atoms with van der Waals surface area (Å²) >= 11 is 0. The first-order chi connectivity index (χ1) is 17.7. The van der Waals surface area contributed by atoms with Gasteiger partial charge in [0.05, 0.1) is 11.4 Å². The highest BCUT2D eigenvalue weighted by Gasteiger charge is 2.26. The molecule has 0 aliphatic carbocycles. The fraction of sp³-hybridized carbons (Fsp3) is 0.375. The van der Waals surface area contributed by atoms with Crippen LogP contribution in [0.1, 0.15) is 44.0 Å². The lowest BCUT2D eigenvalue weighted by Crippen LogP contribution is -2.49. The Balaban J connectivity index is 1.47. The Kier molecular flexibility index (Phi) is 6.91.